The van der Waals surface area contributed by atoms with Crippen molar-refractivity contribution in [1.29, 1.82) is 0 Å². The monoisotopic (exact) mass is 588 g/mol. The fraction of sp³-hybridized carbons (Fsp3) is 0.231. The van der Waals surface area contributed by atoms with E-state index < -0.39 is 0 Å². The van der Waals surface area contributed by atoms with Crippen LogP contribution in [0.3, 0.4) is 0 Å². The molecule has 178 valence electrons. The summed E-state index contributed by atoms with van der Waals surface area (Å²) in [6.07, 6.45) is 0.635. The lowest BCUT2D eigenvalue weighted by Gasteiger charge is -2.12. The van der Waals surface area contributed by atoms with E-state index in [4.69, 9.17) is 14.2 Å². The second-order valence-electron chi connectivity index (χ2n) is 7.47. The summed E-state index contributed by atoms with van der Waals surface area (Å²) in [5.74, 6) is 1.69. The highest BCUT2D eigenvalue weighted by Gasteiger charge is 2.11. The van der Waals surface area contributed by atoms with Gasteiger partial charge in [0.2, 0.25) is 0 Å². The quantitative estimate of drug-likeness (QED) is 0.224. The molecule has 0 aliphatic carbocycles. The number of hydrazone groups is 1. The minimum absolute atomic E-state index is 0.289. The molecule has 0 aliphatic rings. The predicted octanol–water partition coefficient (Wildman–Crippen LogP) is 6.66. The number of halogens is 2. The molecule has 3 aromatic carbocycles. The number of methoxy groups -OCH3 is 2. The third-order valence-corrected chi connectivity index (χ3v) is 6.26. The number of amides is 1. The van der Waals surface area contributed by atoms with E-state index in [0.29, 0.717) is 30.1 Å². The first kappa shape index (κ1) is 25.8. The third kappa shape index (κ3) is 6.39. The van der Waals surface area contributed by atoms with Crippen molar-refractivity contribution in [1.82, 2.24) is 5.43 Å². The van der Waals surface area contributed by atoms with Crippen LogP contribution in [-0.4, -0.2) is 25.8 Å². The van der Waals surface area contributed by atoms with Crippen molar-refractivity contribution in [2.45, 2.75) is 26.9 Å². The Labute approximate surface area is 216 Å². The predicted molar refractivity (Wildman–Crippen MR) is 141 cm³/mol. The van der Waals surface area contributed by atoms with Crippen molar-refractivity contribution in [2.24, 2.45) is 5.10 Å². The number of carbonyl (C=O) groups excluding carboxylic acids is 1. The molecule has 34 heavy (non-hydrogen) atoms. The van der Waals surface area contributed by atoms with Crippen LogP contribution in [0.5, 0.6) is 17.2 Å². The standard InChI is InChI=1S/C26H26Br2N2O4/c1-5-22(19-10-11-23(32-3)24(14-19)33-4)29-30-26(31)18-8-6-17(7-9-18)15-34-25-20(27)12-16(2)13-21(25)28/h6-14H,5,15H2,1-4H3,(H,30,31). The molecule has 8 heteroatoms. The average molecular weight is 590 g/mol. The highest BCUT2D eigenvalue weighted by Crippen LogP contribution is 2.35. The molecule has 0 spiro atoms. The molecule has 0 radical (unpaired) electrons. The highest BCUT2D eigenvalue weighted by atomic mass is 79.9. The van der Waals surface area contributed by atoms with Gasteiger partial charge in [0.05, 0.1) is 28.9 Å². The summed E-state index contributed by atoms with van der Waals surface area (Å²) in [6.45, 7) is 4.37. The van der Waals surface area contributed by atoms with E-state index in [1.165, 1.54) is 0 Å². The highest BCUT2D eigenvalue weighted by molar-refractivity contribution is 9.11. The maximum Gasteiger partial charge on any atom is 0.271 e. The Hall–Kier alpha value is -2.84. The summed E-state index contributed by atoms with van der Waals surface area (Å²) in [5, 5.41) is 4.33. The molecule has 0 atom stereocenters. The SMILES string of the molecule is CCC(=NNC(=O)c1ccc(COc2c(Br)cc(C)cc2Br)cc1)c1ccc(OC)c(OC)c1. The third-order valence-electron chi connectivity index (χ3n) is 5.09. The first-order valence-corrected chi connectivity index (χ1v) is 12.2. The van der Waals surface area contributed by atoms with Gasteiger partial charge < -0.3 is 14.2 Å². The summed E-state index contributed by atoms with van der Waals surface area (Å²) < 4.78 is 18.4. The maximum absolute atomic E-state index is 12.6. The molecule has 6 nitrogen and oxygen atoms in total. The number of aryl methyl sites for hydroxylation is 1. The lowest BCUT2D eigenvalue weighted by atomic mass is 10.1. The Morgan fingerprint density at radius 1 is 0.912 bits per heavy atom. The second kappa shape index (κ2) is 12.0. The average Bonchev–Trinajstić information content (AvgIpc) is 2.83. The van der Waals surface area contributed by atoms with Crippen LogP contribution in [0.15, 0.2) is 68.6 Å². The van der Waals surface area contributed by atoms with Gasteiger partial charge in [-0.05, 0) is 98.8 Å². The number of hydrogen-bond acceptors (Lipinski definition) is 5. The minimum Gasteiger partial charge on any atom is -0.493 e. The zero-order valence-corrected chi connectivity index (χ0v) is 22.6. The molecule has 1 amide bonds. The fourth-order valence-corrected chi connectivity index (χ4v) is 4.92. The Morgan fingerprint density at radius 2 is 1.53 bits per heavy atom. The molecule has 0 saturated heterocycles. The van der Waals surface area contributed by atoms with Crippen LogP contribution in [0.25, 0.3) is 0 Å². The van der Waals surface area contributed by atoms with Gasteiger partial charge in [0.15, 0.2) is 11.5 Å². The molecule has 0 unspecified atom stereocenters. The maximum atomic E-state index is 12.6. The Kier molecular flexibility index (Phi) is 9.12. The number of nitrogens with zero attached hydrogens (tertiary/aromatic N) is 1. The molecule has 0 saturated carbocycles. The van der Waals surface area contributed by atoms with Crippen LogP contribution in [0, 0.1) is 6.92 Å². The Morgan fingerprint density at radius 3 is 2.12 bits per heavy atom. The molecule has 0 aromatic heterocycles. The lowest BCUT2D eigenvalue weighted by Crippen LogP contribution is -2.20. The van der Waals surface area contributed by atoms with Crippen LogP contribution < -0.4 is 19.6 Å². The van der Waals surface area contributed by atoms with Gasteiger partial charge >= 0.3 is 0 Å². The van der Waals surface area contributed by atoms with Gasteiger partial charge in [-0.1, -0.05) is 19.1 Å². The van der Waals surface area contributed by atoms with Gasteiger partial charge in [0, 0.05) is 11.1 Å². The van der Waals surface area contributed by atoms with E-state index in [1.54, 1.807) is 26.4 Å². The summed E-state index contributed by atoms with van der Waals surface area (Å²) in [6, 6.07) is 16.8. The Bertz CT molecular complexity index is 1170. The van der Waals surface area contributed by atoms with Crippen molar-refractivity contribution in [3.8, 4) is 17.2 Å². The van der Waals surface area contributed by atoms with E-state index in [2.05, 4.69) is 42.4 Å². The van der Waals surface area contributed by atoms with Gasteiger partial charge in [-0.25, -0.2) is 5.43 Å². The number of hydrogen-bond donors (Lipinski definition) is 1. The minimum atomic E-state index is -0.289. The van der Waals surface area contributed by atoms with Crippen LogP contribution >= 0.6 is 31.9 Å². The lowest BCUT2D eigenvalue weighted by molar-refractivity contribution is 0.0954. The van der Waals surface area contributed by atoms with Crippen molar-refractivity contribution >= 4 is 43.5 Å². The van der Waals surface area contributed by atoms with Crippen molar-refractivity contribution < 1.29 is 19.0 Å². The van der Waals surface area contributed by atoms with Crippen molar-refractivity contribution in [3.05, 3.63) is 85.8 Å². The molecule has 0 bridgehead atoms. The molecular weight excluding hydrogens is 564 g/mol. The normalized spacial score (nSPS) is 11.2. The van der Waals surface area contributed by atoms with E-state index in [0.717, 1.165) is 37.1 Å². The van der Waals surface area contributed by atoms with Crippen LogP contribution in [-0.2, 0) is 6.61 Å². The molecule has 0 aliphatic heterocycles. The Balaban J connectivity index is 1.65. The van der Waals surface area contributed by atoms with Gasteiger partial charge in [0.25, 0.3) is 5.91 Å². The molecule has 3 rings (SSSR count). The van der Waals surface area contributed by atoms with E-state index in [1.807, 2.05) is 56.3 Å². The number of benzene rings is 3. The van der Waals surface area contributed by atoms with E-state index in [-0.39, 0.29) is 5.91 Å². The first-order valence-electron chi connectivity index (χ1n) is 10.6. The van der Waals surface area contributed by atoms with Gasteiger partial charge in [-0.3, -0.25) is 4.79 Å². The largest absolute Gasteiger partial charge is 0.493 e. The molecule has 0 fully saturated rings. The zero-order valence-electron chi connectivity index (χ0n) is 19.4. The van der Waals surface area contributed by atoms with Crippen LogP contribution in [0.4, 0.5) is 0 Å². The van der Waals surface area contributed by atoms with Gasteiger partial charge in [0.1, 0.15) is 12.4 Å². The second-order valence-corrected chi connectivity index (χ2v) is 9.17. The zero-order chi connectivity index (χ0) is 24.7. The fourth-order valence-electron chi connectivity index (χ4n) is 3.28. The molecule has 1 N–H and O–H groups in total. The summed E-state index contributed by atoms with van der Waals surface area (Å²) in [4.78, 5) is 12.6. The van der Waals surface area contributed by atoms with Gasteiger partial charge in [-0.15, -0.1) is 0 Å². The topological polar surface area (TPSA) is 69.2 Å². The van der Waals surface area contributed by atoms with Crippen molar-refractivity contribution in [2.75, 3.05) is 14.2 Å². The van der Waals surface area contributed by atoms with Crippen molar-refractivity contribution in [3.63, 3.8) is 0 Å². The number of nitrogens with one attached hydrogen (secondary N) is 1. The summed E-state index contributed by atoms with van der Waals surface area (Å²) in [5.41, 5.74) is 6.80. The number of carbonyl (C=O) groups is 1. The summed E-state index contributed by atoms with van der Waals surface area (Å²) >= 11 is 7.07. The first-order chi connectivity index (χ1) is 16.4. The summed E-state index contributed by atoms with van der Waals surface area (Å²) in [7, 11) is 3.17. The van der Waals surface area contributed by atoms with E-state index >= 15 is 0 Å². The number of rotatable bonds is 9. The van der Waals surface area contributed by atoms with E-state index in [9.17, 15) is 4.79 Å². The molecule has 0 heterocycles. The van der Waals surface area contributed by atoms with Crippen LogP contribution in [0.1, 0.15) is 40.4 Å². The number of ether oxygens (including phenoxy) is 3. The molecular formula is C26H26Br2N2O4. The van der Waals surface area contributed by atoms with Gasteiger partial charge in [-0.2, -0.15) is 5.10 Å². The van der Waals surface area contributed by atoms with Crippen LogP contribution in [0.2, 0.25) is 0 Å². The smallest absolute Gasteiger partial charge is 0.271 e. The molecule has 3 aromatic rings.